The van der Waals surface area contributed by atoms with Crippen molar-refractivity contribution in [2.24, 2.45) is 5.92 Å². The molecule has 1 rings (SSSR count). The van der Waals surface area contributed by atoms with Crippen LogP contribution in [-0.4, -0.2) is 5.11 Å². The Bertz CT molecular complexity index is 373. The molecule has 0 radical (unpaired) electrons. The zero-order valence-corrected chi connectivity index (χ0v) is 9.05. The summed E-state index contributed by atoms with van der Waals surface area (Å²) in [6.07, 6.45) is -0.871. The van der Waals surface area contributed by atoms with Crippen molar-refractivity contribution in [2.75, 3.05) is 0 Å². The molecule has 1 aromatic carbocycles. The van der Waals surface area contributed by atoms with Crippen LogP contribution in [0, 0.1) is 17.2 Å². The molecule has 2 nitrogen and oxygen atoms in total. The molecule has 2 unspecified atom stereocenters. The highest BCUT2D eigenvalue weighted by atomic mass is 35.5. The molecule has 0 aliphatic carbocycles. The number of halogens is 2. The summed E-state index contributed by atoms with van der Waals surface area (Å²) in [6.45, 7) is 1.63. The number of rotatable bonds is 2. The number of nitriles is 1. The Hall–Kier alpha value is -0.750. The van der Waals surface area contributed by atoms with Crippen molar-refractivity contribution in [3.63, 3.8) is 0 Å². The summed E-state index contributed by atoms with van der Waals surface area (Å²) in [4.78, 5) is 0. The topological polar surface area (TPSA) is 44.0 Å². The van der Waals surface area contributed by atoms with E-state index in [9.17, 15) is 5.11 Å². The van der Waals surface area contributed by atoms with Crippen molar-refractivity contribution < 1.29 is 5.11 Å². The highest BCUT2D eigenvalue weighted by Crippen LogP contribution is 2.29. The second-order valence-corrected chi connectivity index (χ2v) is 3.87. The Morgan fingerprint density at radius 3 is 2.57 bits per heavy atom. The second-order valence-electron chi connectivity index (χ2n) is 3.03. The van der Waals surface area contributed by atoms with E-state index in [-0.39, 0.29) is 0 Å². The lowest BCUT2D eigenvalue weighted by Gasteiger charge is -2.14. The monoisotopic (exact) mass is 229 g/mol. The molecule has 0 spiro atoms. The van der Waals surface area contributed by atoms with Crippen molar-refractivity contribution >= 4 is 23.2 Å². The molecule has 1 N–H and O–H groups in total. The predicted octanol–water partition coefficient (Wildman–Crippen LogP) is 3.19. The fraction of sp³-hybridized carbons (Fsp3) is 0.300. The Labute approximate surface area is 92.7 Å². The first-order valence-corrected chi connectivity index (χ1v) is 4.84. The van der Waals surface area contributed by atoms with Gasteiger partial charge in [-0.2, -0.15) is 5.26 Å². The van der Waals surface area contributed by atoms with Crippen molar-refractivity contribution in [3.05, 3.63) is 33.8 Å². The van der Waals surface area contributed by atoms with Crippen LogP contribution in [0.4, 0.5) is 0 Å². The number of benzene rings is 1. The van der Waals surface area contributed by atoms with E-state index in [1.54, 1.807) is 25.1 Å². The zero-order valence-electron chi connectivity index (χ0n) is 7.54. The first-order valence-electron chi connectivity index (χ1n) is 4.09. The Morgan fingerprint density at radius 1 is 1.43 bits per heavy atom. The summed E-state index contributed by atoms with van der Waals surface area (Å²) in [6, 6.07) is 6.77. The highest BCUT2D eigenvalue weighted by Gasteiger charge is 2.18. The van der Waals surface area contributed by atoms with Crippen LogP contribution in [0.3, 0.4) is 0 Å². The fourth-order valence-corrected chi connectivity index (χ4v) is 1.60. The van der Waals surface area contributed by atoms with Crippen molar-refractivity contribution in [1.29, 1.82) is 5.26 Å². The smallest absolute Gasteiger partial charge is 0.0959 e. The van der Waals surface area contributed by atoms with Gasteiger partial charge >= 0.3 is 0 Å². The van der Waals surface area contributed by atoms with E-state index in [2.05, 4.69) is 0 Å². The van der Waals surface area contributed by atoms with E-state index in [4.69, 9.17) is 28.5 Å². The third kappa shape index (κ3) is 2.39. The van der Waals surface area contributed by atoms with Gasteiger partial charge in [0.15, 0.2) is 0 Å². The van der Waals surface area contributed by atoms with Crippen LogP contribution in [0.2, 0.25) is 10.0 Å². The molecule has 2 atom stereocenters. The quantitative estimate of drug-likeness (QED) is 0.847. The average Bonchev–Trinajstić information content (AvgIpc) is 2.15. The Morgan fingerprint density at radius 2 is 2.07 bits per heavy atom. The maximum Gasteiger partial charge on any atom is 0.0959 e. The molecule has 0 aromatic heterocycles. The molecule has 0 fully saturated rings. The molecule has 0 saturated carbocycles. The predicted molar refractivity (Wildman–Crippen MR) is 56.2 cm³/mol. The fourth-order valence-electron chi connectivity index (χ4n) is 1.08. The van der Waals surface area contributed by atoms with Crippen LogP contribution in [0.5, 0.6) is 0 Å². The molecule has 0 saturated heterocycles. The van der Waals surface area contributed by atoms with E-state index < -0.39 is 12.0 Å². The minimum absolute atomic E-state index is 0.382. The first kappa shape index (κ1) is 11.3. The number of nitrogens with zero attached hydrogens (tertiary/aromatic N) is 1. The van der Waals surface area contributed by atoms with Gasteiger partial charge in [-0.25, -0.2) is 0 Å². The summed E-state index contributed by atoms with van der Waals surface area (Å²) >= 11 is 11.6. The molecule has 0 aliphatic heterocycles. The third-order valence-corrected chi connectivity index (χ3v) is 2.52. The van der Waals surface area contributed by atoms with Gasteiger partial charge in [-0.05, 0) is 19.1 Å². The van der Waals surface area contributed by atoms with Gasteiger partial charge in [-0.15, -0.1) is 0 Å². The summed E-state index contributed by atoms with van der Waals surface area (Å²) < 4.78 is 0. The van der Waals surface area contributed by atoms with Gasteiger partial charge < -0.3 is 5.11 Å². The molecule has 0 heterocycles. The van der Waals surface area contributed by atoms with Crippen molar-refractivity contribution in [1.82, 2.24) is 0 Å². The third-order valence-electron chi connectivity index (χ3n) is 1.96. The van der Waals surface area contributed by atoms with Crippen LogP contribution < -0.4 is 0 Å². The normalized spacial score (nSPS) is 14.5. The van der Waals surface area contributed by atoms with Gasteiger partial charge in [0.1, 0.15) is 0 Å². The molecule has 0 aliphatic rings. The number of aliphatic hydroxyl groups excluding tert-OH is 1. The van der Waals surface area contributed by atoms with E-state index in [1.807, 2.05) is 6.07 Å². The highest BCUT2D eigenvalue weighted by molar-refractivity contribution is 6.35. The zero-order chi connectivity index (χ0) is 10.7. The van der Waals surface area contributed by atoms with E-state index in [0.29, 0.717) is 15.6 Å². The molecule has 1 aromatic rings. The lowest BCUT2D eigenvalue weighted by atomic mass is 9.99. The van der Waals surface area contributed by atoms with E-state index >= 15 is 0 Å². The van der Waals surface area contributed by atoms with Crippen LogP contribution in [0.25, 0.3) is 0 Å². The SMILES string of the molecule is CC(C#N)C(O)c1ccc(Cl)cc1Cl. The van der Waals surface area contributed by atoms with Crippen LogP contribution in [0.15, 0.2) is 18.2 Å². The number of hydrogen-bond donors (Lipinski definition) is 1. The molecule has 74 valence electrons. The number of hydrogen-bond acceptors (Lipinski definition) is 2. The van der Waals surface area contributed by atoms with Gasteiger partial charge in [0.05, 0.1) is 18.1 Å². The van der Waals surface area contributed by atoms with Gasteiger partial charge in [0, 0.05) is 15.6 Å². The Kier molecular flexibility index (Phi) is 3.77. The van der Waals surface area contributed by atoms with Crippen molar-refractivity contribution in [2.45, 2.75) is 13.0 Å². The molecule has 0 bridgehead atoms. The largest absolute Gasteiger partial charge is 0.387 e. The van der Waals surface area contributed by atoms with Gasteiger partial charge in [-0.3, -0.25) is 0 Å². The van der Waals surface area contributed by atoms with E-state index in [1.165, 1.54) is 0 Å². The summed E-state index contributed by atoms with van der Waals surface area (Å²) in [5.41, 5.74) is 0.533. The summed E-state index contributed by atoms with van der Waals surface area (Å²) in [5, 5.41) is 19.2. The molecule has 14 heavy (non-hydrogen) atoms. The summed E-state index contributed by atoms with van der Waals surface area (Å²) in [7, 11) is 0. The average molecular weight is 230 g/mol. The van der Waals surface area contributed by atoms with E-state index in [0.717, 1.165) is 0 Å². The maximum absolute atomic E-state index is 9.71. The van der Waals surface area contributed by atoms with Crippen molar-refractivity contribution in [3.8, 4) is 6.07 Å². The lowest BCUT2D eigenvalue weighted by molar-refractivity contribution is 0.143. The second kappa shape index (κ2) is 4.65. The van der Waals surface area contributed by atoms with Gasteiger partial charge in [0.2, 0.25) is 0 Å². The standard InChI is InChI=1S/C10H9Cl2NO/c1-6(5-13)10(14)8-3-2-7(11)4-9(8)12/h2-4,6,10,14H,1H3. The molecular formula is C10H9Cl2NO. The molecule has 0 amide bonds. The molecule has 4 heteroatoms. The van der Waals surface area contributed by atoms with Crippen LogP contribution in [0.1, 0.15) is 18.6 Å². The molecular weight excluding hydrogens is 221 g/mol. The summed E-state index contributed by atoms with van der Waals surface area (Å²) in [5.74, 6) is -0.492. The number of aliphatic hydroxyl groups is 1. The van der Waals surface area contributed by atoms with Crippen LogP contribution in [-0.2, 0) is 0 Å². The first-order chi connectivity index (χ1) is 6.56. The minimum Gasteiger partial charge on any atom is -0.387 e. The van der Waals surface area contributed by atoms with Gasteiger partial charge in [0.25, 0.3) is 0 Å². The van der Waals surface area contributed by atoms with Gasteiger partial charge in [-0.1, -0.05) is 29.3 Å². The van der Waals surface area contributed by atoms with Crippen LogP contribution >= 0.6 is 23.2 Å². The Balaban J connectivity index is 3.03. The lowest BCUT2D eigenvalue weighted by Crippen LogP contribution is -2.07. The maximum atomic E-state index is 9.71. The minimum atomic E-state index is -0.871.